The first-order valence-electron chi connectivity index (χ1n) is 16.2. The molecule has 2 aliphatic heterocycles. The number of anilines is 1. The Morgan fingerprint density at radius 3 is 2.53 bits per heavy atom. The number of amides is 1. The highest BCUT2D eigenvalue weighted by Gasteiger charge is 2.49. The van der Waals surface area contributed by atoms with Gasteiger partial charge in [-0.05, 0) is 49.8 Å². The molecule has 5 unspecified atom stereocenters. The highest BCUT2D eigenvalue weighted by atomic mass is 16.7. The molecule has 1 saturated heterocycles. The first-order chi connectivity index (χ1) is 22.7. The van der Waals surface area contributed by atoms with E-state index in [0.717, 1.165) is 4.90 Å². The summed E-state index contributed by atoms with van der Waals surface area (Å²) in [5.74, 6) is -4.25. The van der Waals surface area contributed by atoms with E-state index in [2.05, 4.69) is 5.32 Å². The molecule has 13 heteroatoms. The van der Waals surface area contributed by atoms with Crippen LogP contribution in [0.3, 0.4) is 0 Å². The van der Waals surface area contributed by atoms with Crippen molar-refractivity contribution in [2.45, 2.75) is 75.4 Å². The van der Waals surface area contributed by atoms with Crippen LogP contribution in [0.1, 0.15) is 37.7 Å². The highest BCUT2D eigenvalue weighted by Crippen LogP contribution is 2.28. The molecule has 0 saturated carbocycles. The minimum absolute atomic E-state index is 0.00273. The molecule has 2 aliphatic rings. The quantitative estimate of drug-likeness (QED) is 0.215. The first kappa shape index (κ1) is 25.6. The van der Waals surface area contributed by atoms with E-state index in [-0.39, 0.29) is 31.4 Å². The third kappa shape index (κ3) is 7.75. The number of hydrogen-bond donors (Lipinski definition) is 5. The monoisotopic (exact) mass is 605 g/mol. The number of nitrogens with zero attached hydrogens (tertiary/aromatic N) is 1. The number of aryl methyl sites for hydroxylation is 1. The summed E-state index contributed by atoms with van der Waals surface area (Å²) in [6.45, 7) is 0.817. The SMILES string of the molecule is [2H]c1c([2H])c([2H])c(CC[C@@H](N[C@@H]2CCc3ccccc3N(CC(=O)OC3OC(C(=O)O)C(O)C(O)C3O)C2=O)C(=O)OCC)c([2H])c1[2H]. The Balaban J connectivity index is 1.56. The van der Waals surface area contributed by atoms with E-state index in [4.69, 9.17) is 21.1 Å². The zero-order chi connectivity index (χ0) is 35.4. The summed E-state index contributed by atoms with van der Waals surface area (Å²) in [6.07, 6.45) is -9.81. The predicted molar refractivity (Wildman–Crippen MR) is 150 cm³/mol. The van der Waals surface area contributed by atoms with Crippen LogP contribution >= 0.6 is 0 Å². The molecule has 1 fully saturated rings. The molecule has 4 rings (SSSR count). The highest BCUT2D eigenvalue weighted by molar-refractivity contribution is 6.02. The Bertz CT molecular complexity index is 1530. The molecule has 232 valence electrons. The number of aliphatic hydroxyl groups excluding tert-OH is 3. The number of carboxylic acids is 1. The molecular formula is C30H36N2O11. The van der Waals surface area contributed by atoms with Crippen molar-refractivity contribution in [1.29, 1.82) is 0 Å². The summed E-state index contributed by atoms with van der Waals surface area (Å²) in [5, 5.41) is 42.5. The molecule has 0 bridgehead atoms. The summed E-state index contributed by atoms with van der Waals surface area (Å²) in [5.41, 5.74) is 0.976. The number of rotatable bonds is 11. The Morgan fingerprint density at radius 1 is 1.12 bits per heavy atom. The lowest BCUT2D eigenvalue weighted by Gasteiger charge is -2.38. The van der Waals surface area contributed by atoms with Gasteiger partial charge in [-0.3, -0.25) is 24.6 Å². The number of nitrogens with one attached hydrogen (secondary N) is 1. The maximum absolute atomic E-state index is 14.0. The van der Waals surface area contributed by atoms with Crippen LogP contribution in [0.25, 0.3) is 0 Å². The standard InChI is InChI=1S/C30H36N2O11/c1-2-41-29(40)20(14-12-17-8-4-3-5-9-17)31-19-15-13-18-10-6-7-11-21(18)32(27(19)37)16-22(33)42-30-25(36)23(34)24(35)26(43-30)28(38)39/h3-11,19-20,23-26,30-31,34-36H,2,12-16H2,1H3,(H,38,39)/t19-,20-,23?,24?,25?,26?,30?/m1/s1/i3D,4D,5D,8D,9D. The van der Waals surface area contributed by atoms with Gasteiger partial charge in [0.15, 0.2) is 6.10 Å². The number of aliphatic carboxylic acids is 1. The van der Waals surface area contributed by atoms with E-state index in [1.807, 2.05) is 0 Å². The number of esters is 2. The lowest BCUT2D eigenvalue weighted by Crippen LogP contribution is -2.61. The summed E-state index contributed by atoms with van der Waals surface area (Å²) in [7, 11) is 0. The number of carbonyl (C=O) groups is 4. The molecule has 0 radical (unpaired) electrons. The molecule has 2 heterocycles. The zero-order valence-electron chi connectivity index (χ0n) is 28.2. The Kier molecular flexibility index (Phi) is 8.65. The minimum atomic E-state index is -2.02. The molecule has 7 atom stereocenters. The van der Waals surface area contributed by atoms with Gasteiger partial charge in [-0.15, -0.1) is 0 Å². The molecule has 0 spiro atoms. The van der Waals surface area contributed by atoms with Crippen LogP contribution in [0.5, 0.6) is 0 Å². The van der Waals surface area contributed by atoms with Crippen LogP contribution in [-0.2, 0) is 46.2 Å². The number of hydrogen-bond acceptors (Lipinski definition) is 11. The van der Waals surface area contributed by atoms with Crippen LogP contribution < -0.4 is 10.2 Å². The number of aliphatic hydroxyl groups is 3. The second-order valence-electron chi connectivity index (χ2n) is 9.98. The lowest BCUT2D eigenvalue weighted by atomic mass is 9.99. The number of ether oxygens (including phenoxy) is 3. The lowest BCUT2D eigenvalue weighted by molar-refractivity contribution is -0.285. The van der Waals surface area contributed by atoms with Crippen molar-refractivity contribution in [3.8, 4) is 0 Å². The van der Waals surface area contributed by atoms with Crippen molar-refractivity contribution in [1.82, 2.24) is 5.32 Å². The molecule has 13 nitrogen and oxygen atoms in total. The topological polar surface area (TPSA) is 192 Å². The predicted octanol–water partition coefficient (Wildman–Crippen LogP) is -0.0761. The van der Waals surface area contributed by atoms with E-state index >= 15 is 0 Å². The Labute approximate surface area is 255 Å². The number of carbonyl (C=O) groups excluding carboxylic acids is 3. The first-order valence-corrected chi connectivity index (χ1v) is 13.7. The van der Waals surface area contributed by atoms with Gasteiger partial charge in [-0.1, -0.05) is 48.4 Å². The molecule has 2 aromatic carbocycles. The summed E-state index contributed by atoms with van der Waals surface area (Å²) in [6, 6.07) is 1.95. The molecular weight excluding hydrogens is 564 g/mol. The van der Waals surface area contributed by atoms with Crippen LogP contribution in [-0.4, -0.2) is 100 Å². The number of fused-ring (bicyclic) bond motifs is 1. The van der Waals surface area contributed by atoms with E-state index in [1.165, 1.54) is 0 Å². The second-order valence-corrected chi connectivity index (χ2v) is 9.98. The fraction of sp³-hybridized carbons (Fsp3) is 0.467. The molecule has 2 aromatic rings. The molecule has 0 aliphatic carbocycles. The fourth-order valence-electron chi connectivity index (χ4n) is 4.92. The number of carboxylic acid groups (broad SMARTS) is 1. The Morgan fingerprint density at radius 2 is 1.84 bits per heavy atom. The fourth-order valence-corrected chi connectivity index (χ4v) is 4.92. The average Bonchev–Trinajstić information content (AvgIpc) is 3.18. The minimum Gasteiger partial charge on any atom is -0.479 e. The van der Waals surface area contributed by atoms with Crippen molar-refractivity contribution >= 4 is 29.5 Å². The zero-order valence-corrected chi connectivity index (χ0v) is 23.2. The third-order valence-corrected chi connectivity index (χ3v) is 7.10. The van der Waals surface area contributed by atoms with Crippen LogP contribution in [0, 0.1) is 0 Å². The van der Waals surface area contributed by atoms with Gasteiger partial charge in [-0.25, -0.2) is 4.79 Å². The summed E-state index contributed by atoms with van der Waals surface area (Å²) < 4.78 is 55.4. The van der Waals surface area contributed by atoms with Crippen molar-refractivity contribution in [2.75, 3.05) is 18.1 Å². The van der Waals surface area contributed by atoms with E-state index in [0.29, 0.717) is 17.7 Å². The van der Waals surface area contributed by atoms with Crippen LogP contribution in [0.4, 0.5) is 5.69 Å². The van der Waals surface area contributed by atoms with Crippen molar-refractivity contribution in [2.24, 2.45) is 0 Å². The maximum atomic E-state index is 14.0. The molecule has 43 heavy (non-hydrogen) atoms. The van der Waals surface area contributed by atoms with Gasteiger partial charge >= 0.3 is 17.9 Å². The normalized spacial score (nSPS) is 27.8. The molecule has 5 N–H and O–H groups in total. The number of para-hydroxylation sites is 1. The third-order valence-electron chi connectivity index (χ3n) is 7.10. The molecule has 0 aromatic heterocycles. The smallest absolute Gasteiger partial charge is 0.335 e. The second kappa shape index (κ2) is 14.5. The van der Waals surface area contributed by atoms with Gasteiger partial charge < -0.3 is 34.6 Å². The van der Waals surface area contributed by atoms with Crippen molar-refractivity contribution < 1.29 is 60.7 Å². The van der Waals surface area contributed by atoms with Crippen molar-refractivity contribution in [3.63, 3.8) is 0 Å². The van der Waals surface area contributed by atoms with E-state index in [9.17, 15) is 39.6 Å². The summed E-state index contributed by atoms with van der Waals surface area (Å²) in [4.78, 5) is 52.7. The van der Waals surface area contributed by atoms with Gasteiger partial charge in [0, 0.05) is 5.69 Å². The van der Waals surface area contributed by atoms with E-state index in [1.54, 1.807) is 31.2 Å². The molecule has 1 amide bonds. The average molecular weight is 606 g/mol. The summed E-state index contributed by atoms with van der Waals surface area (Å²) >= 11 is 0. The largest absolute Gasteiger partial charge is 0.479 e. The Hall–Kier alpha value is -3.88. The van der Waals surface area contributed by atoms with Gasteiger partial charge in [-0.2, -0.15) is 0 Å². The van der Waals surface area contributed by atoms with Gasteiger partial charge in [0.1, 0.15) is 30.9 Å². The van der Waals surface area contributed by atoms with Gasteiger partial charge in [0.25, 0.3) is 0 Å². The van der Waals surface area contributed by atoms with Crippen LogP contribution in [0.2, 0.25) is 0 Å². The maximum Gasteiger partial charge on any atom is 0.335 e. The van der Waals surface area contributed by atoms with Crippen molar-refractivity contribution in [3.05, 3.63) is 65.6 Å². The van der Waals surface area contributed by atoms with E-state index < -0.39 is 103 Å². The van der Waals surface area contributed by atoms with Gasteiger partial charge in [0.2, 0.25) is 12.2 Å². The van der Waals surface area contributed by atoms with Gasteiger partial charge in [0.05, 0.1) is 19.5 Å². The van der Waals surface area contributed by atoms with Crippen LogP contribution in [0.15, 0.2) is 54.5 Å². The number of benzene rings is 2.